The van der Waals surface area contributed by atoms with Crippen LogP contribution in [-0.4, -0.2) is 62.4 Å². The Morgan fingerprint density at radius 2 is 1.76 bits per heavy atom. The van der Waals surface area contributed by atoms with Gasteiger partial charge >= 0.3 is 18.2 Å². The zero-order valence-electron chi connectivity index (χ0n) is 21.3. The van der Waals surface area contributed by atoms with Crippen LogP contribution in [0, 0.1) is 0 Å². The van der Waals surface area contributed by atoms with Crippen LogP contribution < -0.4 is 5.32 Å². The summed E-state index contributed by atoms with van der Waals surface area (Å²) in [6.45, 7) is 3.02. The van der Waals surface area contributed by atoms with Crippen LogP contribution in [0.15, 0.2) is 53.4 Å². The van der Waals surface area contributed by atoms with Gasteiger partial charge in [-0.1, -0.05) is 25.5 Å². The maximum absolute atomic E-state index is 13.8. The first-order chi connectivity index (χ1) is 18.0. The number of carbonyl (C=O) groups is 2. The number of rotatable bonds is 9. The highest BCUT2D eigenvalue weighted by Crippen LogP contribution is 2.31. The number of unbranched alkanes of at least 4 members (excludes halogenated alkanes) is 1. The third-order valence-electron chi connectivity index (χ3n) is 6.40. The average molecular weight is 556 g/mol. The first kappa shape index (κ1) is 29.4. The lowest BCUT2D eigenvalue weighted by atomic mass is 10.1. The molecule has 1 N–H and O–H groups in total. The minimum atomic E-state index is -4.60. The van der Waals surface area contributed by atoms with E-state index in [1.165, 1.54) is 23.5 Å². The summed E-state index contributed by atoms with van der Waals surface area (Å²) in [5, 5.41) is 2.84. The van der Waals surface area contributed by atoms with E-state index < -0.39 is 33.8 Å². The van der Waals surface area contributed by atoms with Gasteiger partial charge in [-0.05, 0) is 61.2 Å². The number of piperidine rings is 1. The van der Waals surface area contributed by atoms with Crippen molar-refractivity contribution in [3.63, 3.8) is 0 Å². The highest BCUT2D eigenvalue weighted by molar-refractivity contribution is 7.89. The molecule has 1 fully saturated rings. The van der Waals surface area contributed by atoms with E-state index in [1.54, 1.807) is 17.0 Å². The lowest BCUT2D eigenvalue weighted by molar-refractivity contribution is -0.137. The Balaban J connectivity index is 1.92. The molecule has 0 aromatic heterocycles. The topological polar surface area (TPSA) is 96.0 Å². The first-order valence-corrected chi connectivity index (χ1v) is 13.8. The predicted octanol–water partition coefficient (Wildman–Crippen LogP) is 4.66. The van der Waals surface area contributed by atoms with E-state index in [2.05, 4.69) is 5.32 Å². The number of sulfonamides is 1. The average Bonchev–Trinajstić information content (AvgIpc) is 2.91. The van der Waals surface area contributed by atoms with E-state index in [9.17, 15) is 31.2 Å². The summed E-state index contributed by atoms with van der Waals surface area (Å²) < 4.78 is 72.6. The normalized spacial score (nSPS) is 16.4. The third kappa shape index (κ3) is 7.25. The van der Waals surface area contributed by atoms with E-state index in [1.807, 2.05) is 6.92 Å². The molecule has 0 bridgehead atoms. The van der Waals surface area contributed by atoms with Crippen molar-refractivity contribution in [3.05, 3.63) is 65.2 Å². The van der Waals surface area contributed by atoms with Crippen LogP contribution in [0.5, 0.6) is 0 Å². The maximum atomic E-state index is 13.8. The SMILES string of the molecule is CCCCNC(=O)N1CCCC(N(Cc2ccc(C(=O)OC)cc2)S(=O)(=O)c2ccc(C(F)(F)F)cc2)C1. The van der Waals surface area contributed by atoms with E-state index in [0.29, 0.717) is 37.1 Å². The molecule has 1 saturated heterocycles. The first-order valence-electron chi connectivity index (χ1n) is 12.4. The molecular weight excluding hydrogens is 523 g/mol. The summed E-state index contributed by atoms with van der Waals surface area (Å²) in [5.74, 6) is -0.539. The molecule has 2 aromatic rings. The van der Waals surface area contributed by atoms with Gasteiger partial charge in [0, 0.05) is 32.2 Å². The lowest BCUT2D eigenvalue weighted by Gasteiger charge is -2.38. The van der Waals surface area contributed by atoms with Crippen LogP contribution in [-0.2, 0) is 27.5 Å². The van der Waals surface area contributed by atoms with Crippen LogP contribution >= 0.6 is 0 Å². The highest BCUT2D eigenvalue weighted by Gasteiger charge is 2.37. The number of hydrogen-bond acceptors (Lipinski definition) is 5. The molecule has 1 aliphatic heterocycles. The van der Waals surface area contributed by atoms with E-state index in [0.717, 1.165) is 37.1 Å². The summed E-state index contributed by atoms with van der Waals surface area (Å²) in [7, 11) is -2.99. The number of nitrogens with one attached hydrogen (secondary N) is 1. The molecule has 3 rings (SSSR count). The second-order valence-corrected chi connectivity index (χ2v) is 11.0. The van der Waals surface area contributed by atoms with Crippen LogP contribution in [0.1, 0.15) is 54.1 Å². The van der Waals surface area contributed by atoms with Gasteiger partial charge < -0.3 is 15.0 Å². The van der Waals surface area contributed by atoms with Gasteiger partial charge in [-0.3, -0.25) is 0 Å². The molecule has 0 aliphatic carbocycles. The van der Waals surface area contributed by atoms with E-state index in [4.69, 9.17) is 4.74 Å². The second-order valence-electron chi connectivity index (χ2n) is 9.09. The number of likely N-dealkylation sites (tertiary alicyclic amines) is 1. The zero-order valence-corrected chi connectivity index (χ0v) is 22.1. The van der Waals surface area contributed by atoms with Crippen molar-refractivity contribution in [3.8, 4) is 0 Å². The fraction of sp³-hybridized carbons (Fsp3) is 0.462. The van der Waals surface area contributed by atoms with Crippen molar-refractivity contribution in [1.29, 1.82) is 0 Å². The molecule has 8 nitrogen and oxygen atoms in total. The minimum Gasteiger partial charge on any atom is -0.465 e. The van der Waals surface area contributed by atoms with Gasteiger partial charge in [0.05, 0.1) is 23.1 Å². The largest absolute Gasteiger partial charge is 0.465 e. The molecule has 2 amide bonds. The third-order valence-corrected chi connectivity index (χ3v) is 8.31. The molecule has 208 valence electrons. The monoisotopic (exact) mass is 555 g/mol. The predicted molar refractivity (Wildman–Crippen MR) is 135 cm³/mol. The van der Waals surface area contributed by atoms with Crippen LogP contribution in [0.3, 0.4) is 0 Å². The summed E-state index contributed by atoms with van der Waals surface area (Å²) in [5.41, 5.74) is -0.0901. The number of benzene rings is 2. The number of hydrogen-bond donors (Lipinski definition) is 1. The molecule has 1 heterocycles. The lowest BCUT2D eigenvalue weighted by Crippen LogP contribution is -2.53. The van der Waals surface area contributed by atoms with Gasteiger partial charge in [-0.25, -0.2) is 18.0 Å². The Hall–Kier alpha value is -3.12. The molecule has 0 spiro atoms. The number of amides is 2. The quantitative estimate of drug-likeness (QED) is 0.359. The standard InChI is InChI=1S/C26H32F3N3O5S/c1-3-4-15-30-25(34)31-16-5-6-22(18-31)32(17-19-7-9-20(10-8-19)24(33)37-2)38(35,36)23-13-11-21(12-14-23)26(27,28)29/h7-14,22H,3-6,15-18H2,1-2H3,(H,30,34). The number of methoxy groups -OCH3 is 1. The zero-order chi connectivity index (χ0) is 27.9. The van der Waals surface area contributed by atoms with Crippen LogP contribution in [0.25, 0.3) is 0 Å². The number of nitrogens with zero attached hydrogens (tertiary/aromatic N) is 2. The maximum Gasteiger partial charge on any atom is 0.416 e. The van der Waals surface area contributed by atoms with Gasteiger partial charge in [-0.2, -0.15) is 17.5 Å². The second kappa shape index (κ2) is 12.6. The fourth-order valence-electron chi connectivity index (χ4n) is 4.26. The van der Waals surface area contributed by atoms with E-state index in [-0.39, 0.29) is 24.0 Å². The van der Waals surface area contributed by atoms with Crippen molar-refractivity contribution in [2.75, 3.05) is 26.7 Å². The molecular formula is C26H32F3N3O5S. The van der Waals surface area contributed by atoms with Crippen molar-refractivity contribution in [2.45, 2.75) is 56.3 Å². The van der Waals surface area contributed by atoms with Crippen LogP contribution in [0.4, 0.5) is 18.0 Å². The molecule has 12 heteroatoms. The van der Waals surface area contributed by atoms with Crippen molar-refractivity contribution in [1.82, 2.24) is 14.5 Å². The number of ether oxygens (including phenoxy) is 1. The van der Waals surface area contributed by atoms with Crippen molar-refractivity contribution < 1.29 is 35.9 Å². The fourth-order valence-corrected chi connectivity index (χ4v) is 5.90. The summed E-state index contributed by atoms with van der Waals surface area (Å²) >= 11 is 0. The molecule has 1 atom stereocenters. The van der Waals surface area contributed by atoms with Crippen molar-refractivity contribution in [2.24, 2.45) is 0 Å². The Morgan fingerprint density at radius 3 is 2.34 bits per heavy atom. The van der Waals surface area contributed by atoms with Gasteiger partial charge in [0.15, 0.2) is 0 Å². The molecule has 0 radical (unpaired) electrons. The summed E-state index contributed by atoms with van der Waals surface area (Å²) in [6.07, 6.45) is -1.83. The highest BCUT2D eigenvalue weighted by atomic mass is 32.2. The molecule has 1 aliphatic rings. The number of urea groups is 1. The van der Waals surface area contributed by atoms with E-state index >= 15 is 0 Å². The van der Waals surface area contributed by atoms with Crippen molar-refractivity contribution >= 4 is 22.0 Å². The smallest absolute Gasteiger partial charge is 0.416 e. The number of carbonyl (C=O) groups excluding carboxylic acids is 2. The summed E-state index contributed by atoms with van der Waals surface area (Å²) in [6, 6.07) is 8.71. The molecule has 38 heavy (non-hydrogen) atoms. The number of esters is 1. The number of halogens is 3. The Kier molecular flexibility index (Phi) is 9.77. The van der Waals surface area contributed by atoms with Gasteiger partial charge in [0.25, 0.3) is 0 Å². The molecule has 2 aromatic carbocycles. The summed E-state index contributed by atoms with van der Waals surface area (Å²) in [4.78, 5) is 25.7. The Morgan fingerprint density at radius 1 is 1.11 bits per heavy atom. The molecule has 0 saturated carbocycles. The van der Waals surface area contributed by atoms with Gasteiger partial charge in [-0.15, -0.1) is 0 Å². The van der Waals surface area contributed by atoms with Gasteiger partial charge in [0.2, 0.25) is 10.0 Å². The Labute approximate surface area is 220 Å². The molecule has 1 unspecified atom stereocenters. The Bertz CT molecular complexity index is 1200. The number of alkyl halides is 3. The minimum absolute atomic E-state index is 0.0965. The van der Waals surface area contributed by atoms with Crippen LogP contribution in [0.2, 0.25) is 0 Å². The van der Waals surface area contributed by atoms with Gasteiger partial charge in [0.1, 0.15) is 0 Å².